The summed E-state index contributed by atoms with van der Waals surface area (Å²) < 4.78 is 12.9. The summed E-state index contributed by atoms with van der Waals surface area (Å²) in [7, 11) is 0. The van der Waals surface area contributed by atoms with Crippen LogP contribution < -0.4 is 5.73 Å². The Hall–Kier alpha value is -0.900. The van der Waals surface area contributed by atoms with Crippen LogP contribution in [0.4, 0.5) is 4.39 Å². The molecule has 56 valence electrons. The number of aromatic amines is 1. The van der Waals surface area contributed by atoms with Crippen molar-refractivity contribution in [1.82, 2.24) is 10.2 Å². The van der Waals surface area contributed by atoms with Gasteiger partial charge in [-0.15, -0.1) is 0 Å². The van der Waals surface area contributed by atoms with E-state index in [4.69, 9.17) is 5.73 Å². The number of nitrogens with two attached hydrogens (primary N) is 1. The van der Waals surface area contributed by atoms with Gasteiger partial charge in [0.05, 0.1) is 11.4 Å². The van der Waals surface area contributed by atoms with Gasteiger partial charge in [-0.3, -0.25) is 5.10 Å². The predicted molar refractivity (Wildman–Crippen MR) is 35.8 cm³/mol. The molecule has 0 spiro atoms. The second-order valence-electron chi connectivity index (χ2n) is 2.02. The molecule has 0 fully saturated rings. The first-order valence-corrected chi connectivity index (χ1v) is 3.21. The number of aryl methyl sites for hydroxylation is 1. The number of aromatic nitrogens is 2. The van der Waals surface area contributed by atoms with Crippen LogP contribution in [0, 0.1) is 5.82 Å². The highest BCUT2D eigenvalue weighted by Crippen LogP contribution is 2.07. The molecule has 0 saturated carbocycles. The first kappa shape index (κ1) is 7.21. The molecule has 0 aliphatic rings. The van der Waals surface area contributed by atoms with Crippen LogP contribution in [0.15, 0.2) is 0 Å². The van der Waals surface area contributed by atoms with Gasteiger partial charge >= 0.3 is 0 Å². The van der Waals surface area contributed by atoms with E-state index in [2.05, 4.69) is 10.2 Å². The third-order valence-electron chi connectivity index (χ3n) is 1.38. The summed E-state index contributed by atoms with van der Waals surface area (Å²) in [5.74, 6) is -0.287. The molecule has 0 atom stereocenters. The highest BCUT2D eigenvalue weighted by Gasteiger charge is 2.08. The molecule has 0 aliphatic carbocycles. The van der Waals surface area contributed by atoms with Gasteiger partial charge in [-0.25, -0.2) is 4.39 Å². The number of nitrogens with zero attached hydrogens (tertiary/aromatic N) is 1. The van der Waals surface area contributed by atoms with Crippen LogP contribution >= 0.6 is 0 Å². The average Bonchev–Trinajstić information content (AvgIpc) is 2.30. The Morgan fingerprint density at radius 2 is 2.40 bits per heavy atom. The van der Waals surface area contributed by atoms with Gasteiger partial charge in [-0.05, 0) is 6.42 Å². The van der Waals surface area contributed by atoms with E-state index in [9.17, 15) is 4.39 Å². The average molecular weight is 143 g/mol. The van der Waals surface area contributed by atoms with Crippen molar-refractivity contribution in [1.29, 1.82) is 0 Å². The van der Waals surface area contributed by atoms with Crippen LogP contribution in [0.25, 0.3) is 0 Å². The molecule has 0 aromatic carbocycles. The van der Waals surface area contributed by atoms with Crippen LogP contribution in [0.2, 0.25) is 0 Å². The fourth-order valence-electron chi connectivity index (χ4n) is 0.777. The fraction of sp³-hybridized carbons (Fsp3) is 0.500. The minimum absolute atomic E-state index is 0.179. The Morgan fingerprint density at radius 1 is 1.70 bits per heavy atom. The van der Waals surface area contributed by atoms with Gasteiger partial charge < -0.3 is 5.73 Å². The van der Waals surface area contributed by atoms with Crippen molar-refractivity contribution < 1.29 is 4.39 Å². The summed E-state index contributed by atoms with van der Waals surface area (Å²) in [6, 6.07) is 0. The standard InChI is InChI=1S/C6H10FN3/c1-2-4-6(7)5(3-8)10-9-4/h2-3,8H2,1H3,(H,9,10). The normalized spacial score (nSPS) is 10.3. The lowest BCUT2D eigenvalue weighted by Gasteiger charge is -1.88. The molecule has 0 amide bonds. The van der Waals surface area contributed by atoms with E-state index in [1.165, 1.54) is 0 Å². The summed E-state index contributed by atoms with van der Waals surface area (Å²) in [6.45, 7) is 2.03. The van der Waals surface area contributed by atoms with Crippen molar-refractivity contribution in [2.75, 3.05) is 0 Å². The lowest BCUT2D eigenvalue weighted by atomic mass is 10.3. The number of nitrogens with one attached hydrogen (secondary N) is 1. The van der Waals surface area contributed by atoms with Gasteiger partial charge in [-0.1, -0.05) is 6.92 Å². The van der Waals surface area contributed by atoms with Crippen LogP contribution in [0.5, 0.6) is 0 Å². The van der Waals surface area contributed by atoms with Crippen molar-refractivity contribution in [3.8, 4) is 0 Å². The Bertz CT molecular complexity index is 197. The van der Waals surface area contributed by atoms with Crippen molar-refractivity contribution in [3.63, 3.8) is 0 Å². The van der Waals surface area contributed by atoms with Crippen molar-refractivity contribution in [3.05, 3.63) is 17.2 Å². The lowest BCUT2D eigenvalue weighted by molar-refractivity contribution is 0.597. The third-order valence-corrected chi connectivity index (χ3v) is 1.38. The Labute approximate surface area is 58.4 Å². The highest BCUT2D eigenvalue weighted by molar-refractivity contribution is 5.11. The summed E-state index contributed by atoms with van der Waals surface area (Å²) in [4.78, 5) is 0. The van der Waals surface area contributed by atoms with E-state index in [-0.39, 0.29) is 12.4 Å². The minimum atomic E-state index is -0.287. The van der Waals surface area contributed by atoms with E-state index in [1.54, 1.807) is 0 Å². The molecule has 1 heterocycles. The molecule has 10 heavy (non-hydrogen) atoms. The zero-order valence-electron chi connectivity index (χ0n) is 5.82. The zero-order valence-corrected chi connectivity index (χ0v) is 5.82. The van der Waals surface area contributed by atoms with Crippen LogP contribution in [-0.4, -0.2) is 10.2 Å². The quantitative estimate of drug-likeness (QED) is 0.636. The molecule has 1 rings (SSSR count). The van der Waals surface area contributed by atoms with Crippen molar-refractivity contribution in [2.45, 2.75) is 19.9 Å². The number of hydrogen-bond acceptors (Lipinski definition) is 2. The van der Waals surface area contributed by atoms with Gasteiger partial charge in [0.25, 0.3) is 0 Å². The first-order valence-electron chi connectivity index (χ1n) is 3.21. The lowest BCUT2D eigenvalue weighted by Crippen LogP contribution is -1.98. The highest BCUT2D eigenvalue weighted by atomic mass is 19.1. The second kappa shape index (κ2) is 2.79. The molecule has 4 heteroatoms. The maximum Gasteiger partial charge on any atom is 0.168 e. The van der Waals surface area contributed by atoms with E-state index < -0.39 is 0 Å². The number of hydrogen-bond donors (Lipinski definition) is 2. The molecule has 3 N–H and O–H groups in total. The minimum Gasteiger partial charge on any atom is -0.325 e. The molecule has 1 aromatic heterocycles. The SMILES string of the molecule is CCc1n[nH]c(CN)c1F. The smallest absolute Gasteiger partial charge is 0.168 e. The first-order chi connectivity index (χ1) is 4.79. The fourth-order valence-corrected chi connectivity index (χ4v) is 0.777. The molecule has 0 aliphatic heterocycles. The van der Waals surface area contributed by atoms with E-state index in [0.29, 0.717) is 17.8 Å². The van der Waals surface area contributed by atoms with E-state index in [0.717, 1.165) is 0 Å². The molecule has 0 saturated heterocycles. The van der Waals surface area contributed by atoms with Gasteiger partial charge in [-0.2, -0.15) is 5.10 Å². The molecular weight excluding hydrogens is 133 g/mol. The van der Waals surface area contributed by atoms with Gasteiger partial charge in [0.15, 0.2) is 5.82 Å². The molecular formula is C6H10FN3. The maximum absolute atomic E-state index is 12.9. The Balaban J connectivity index is 2.97. The van der Waals surface area contributed by atoms with Crippen molar-refractivity contribution >= 4 is 0 Å². The largest absolute Gasteiger partial charge is 0.325 e. The molecule has 0 bridgehead atoms. The number of H-pyrrole nitrogens is 1. The van der Waals surface area contributed by atoms with E-state index in [1.807, 2.05) is 6.92 Å². The summed E-state index contributed by atoms with van der Waals surface area (Å²) in [5, 5.41) is 6.25. The molecule has 0 unspecified atom stereocenters. The topological polar surface area (TPSA) is 54.7 Å². The van der Waals surface area contributed by atoms with Gasteiger partial charge in [0.1, 0.15) is 0 Å². The predicted octanol–water partition coefficient (Wildman–Crippen LogP) is 0.570. The van der Waals surface area contributed by atoms with E-state index >= 15 is 0 Å². The zero-order chi connectivity index (χ0) is 7.56. The summed E-state index contributed by atoms with van der Waals surface area (Å²) in [6.07, 6.45) is 0.600. The maximum atomic E-state index is 12.9. The van der Waals surface area contributed by atoms with Crippen LogP contribution in [0.1, 0.15) is 18.3 Å². The molecule has 1 aromatic rings. The van der Waals surface area contributed by atoms with Crippen LogP contribution in [0.3, 0.4) is 0 Å². The number of rotatable bonds is 2. The third kappa shape index (κ3) is 1.02. The molecule has 0 radical (unpaired) electrons. The van der Waals surface area contributed by atoms with Crippen LogP contribution in [-0.2, 0) is 13.0 Å². The van der Waals surface area contributed by atoms with Crippen molar-refractivity contribution in [2.24, 2.45) is 5.73 Å². The van der Waals surface area contributed by atoms with Gasteiger partial charge in [0, 0.05) is 6.54 Å². The van der Waals surface area contributed by atoms with Gasteiger partial charge in [0.2, 0.25) is 0 Å². The Kier molecular flexibility index (Phi) is 2.01. The monoisotopic (exact) mass is 143 g/mol. The summed E-state index contributed by atoms with van der Waals surface area (Å²) >= 11 is 0. The second-order valence-corrected chi connectivity index (χ2v) is 2.02. The number of halogens is 1. The Morgan fingerprint density at radius 3 is 2.70 bits per heavy atom. The summed E-state index contributed by atoms with van der Waals surface area (Å²) in [5.41, 5.74) is 6.05. The molecule has 3 nitrogen and oxygen atoms in total.